The number of nitrogens with zero attached hydrogens (tertiary/aromatic N) is 1. The van der Waals surface area contributed by atoms with E-state index in [4.69, 9.17) is 0 Å². The normalized spacial score (nSPS) is 20.1. The van der Waals surface area contributed by atoms with Crippen LogP contribution in [0.4, 0.5) is 4.39 Å². The molecule has 3 nitrogen and oxygen atoms in total. The minimum absolute atomic E-state index is 0.0363. The molecule has 0 aliphatic carbocycles. The molecule has 1 aliphatic heterocycles. The van der Waals surface area contributed by atoms with Crippen molar-refractivity contribution in [2.24, 2.45) is 5.92 Å². The zero-order chi connectivity index (χ0) is 14.6. The Labute approximate surface area is 124 Å². The van der Waals surface area contributed by atoms with Gasteiger partial charge < -0.3 is 10.4 Å². The quantitative estimate of drug-likeness (QED) is 0.877. The van der Waals surface area contributed by atoms with Gasteiger partial charge in [-0.3, -0.25) is 4.98 Å². The van der Waals surface area contributed by atoms with Gasteiger partial charge in [0.2, 0.25) is 0 Å². The number of pyridine rings is 1. The second-order valence-corrected chi connectivity index (χ2v) is 7.07. The first-order valence-electron chi connectivity index (χ1n) is 7.15. The minimum Gasteiger partial charge on any atom is -0.389 e. The summed E-state index contributed by atoms with van der Waals surface area (Å²) >= 11 is 1.89. The molecular weight excluding hydrogens is 275 g/mol. The zero-order valence-corrected chi connectivity index (χ0v) is 12.9. The molecule has 5 heteroatoms. The van der Waals surface area contributed by atoms with E-state index in [0.29, 0.717) is 12.5 Å². The standard InChI is InChI=1S/C15H23FN2OS/c1-11(2)14(13-4-3-12(16)9-17-13)18-10-15(19)5-7-20-8-6-15/h3-4,9,11,14,18-19H,5-8,10H2,1-2H3. The number of hydrogen-bond donors (Lipinski definition) is 2. The smallest absolute Gasteiger partial charge is 0.141 e. The second-order valence-electron chi connectivity index (χ2n) is 5.84. The summed E-state index contributed by atoms with van der Waals surface area (Å²) in [5.41, 5.74) is 0.216. The van der Waals surface area contributed by atoms with Gasteiger partial charge in [0, 0.05) is 6.54 Å². The Kier molecular flexibility index (Phi) is 5.41. The second kappa shape index (κ2) is 6.87. The number of nitrogens with one attached hydrogen (secondary N) is 1. The van der Waals surface area contributed by atoms with E-state index in [1.54, 1.807) is 6.07 Å². The SMILES string of the molecule is CC(C)C(NCC1(O)CCSCC1)c1ccc(F)cn1. The molecule has 1 aromatic rings. The molecule has 2 heterocycles. The summed E-state index contributed by atoms with van der Waals surface area (Å²) in [6.07, 6.45) is 2.90. The lowest BCUT2D eigenvalue weighted by Crippen LogP contribution is -2.45. The monoisotopic (exact) mass is 298 g/mol. The molecule has 1 saturated heterocycles. The van der Waals surface area contributed by atoms with E-state index in [2.05, 4.69) is 24.1 Å². The molecule has 20 heavy (non-hydrogen) atoms. The number of halogens is 1. The highest BCUT2D eigenvalue weighted by Gasteiger charge is 2.30. The van der Waals surface area contributed by atoms with Gasteiger partial charge in [-0.15, -0.1) is 0 Å². The van der Waals surface area contributed by atoms with Crippen LogP contribution < -0.4 is 5.32 Å². The zero-order valence-electron chi connectivity index (χ0n) is 12.1. The maximum absolute atomic E-state index is 13.0. The Bertz CT molecular complexity index is 418. The van der Waals surface area contributed by atoms with Crippen LogP contribution in [0.25, 0.3) is 0 Å². The molecule has 1 fully saturated rings. The summed E-state index contributed by atoms with van der Waals surface area (Å²) in [4.78, 5) is 4.16. The Morgan fingerprint density at radius 3 is 2.65 bits per heavy atom. The molecule has 112 valence electrons. The van der Waals surface area contributed by atoms with Gasteiger partial charge in [-0.1, -0.05) is 13.8 Å². The van der Waals surface area contributed by atoms with E-state index in [9.17, 15) is 9.50 Å². The van der Waals surface area contributed by atoms with Crippen molar-refractivity contribution in [1.29, 1.82) is 0 Å². The first-order valence-corrected chi connectivity index (χ1v) is 8.31. The topological polar surface area (TPSA) is 45.1 Å². The van der Waals surface area contributed by atoms with Gasteiger partial charge >= 0.3 is 0 Å². The van der Waals surface area contributed by atoms with E-state index < -0.39 is 5.60 Å². The van der Waals surface area contributed by atoms with Crippen molar-refractivity contribution in [3.8, 4) is 0 Å². The fourth-order valence-electron chi connectivity index (χ4n) is 2.48. The van der Waals surface area contributed by atoms with Crippen molar-refractivity contribution in [3.63, 3.8) is 0 Å². The van der Waals surface area contributed by atoms with Crippen LogP contribution >= 0.6 is 11.8 Å². The lowest BCUT2D eigenvalue weighted by molar-refractivity contribution is 0.0278. The third-order valence-electron chi connectivity index (χ3n) is 3.81. The number of aliphatic hydroxyl groups is 1. The third-order valence-corrected chi connectivity index (χ3v) is 4.80. The van der Waals surface area contributed by atoms with Gasteiger partial charge in [0.15, 0.2) is 0 Å². The Hall–Kier alpha value is -0.650. The van der Waals surface area contributed by atoms with Crippen molar-refractivity contribution in [3.05, 3.63) is 29.8 Å². The Morgan fingerprint density at radius 1 is 1.40 bits per heavy atom. The molecule has 1 aromatic heterocycles. The molecule has 0 saturated carbocycles. The van der Waals surface area contributed by atoms with Crippen molar-refractivity contribution in [2.75, 3.05) is 18.1 Å². The van der Waals surface area contributed by atoms with E-state index >= 15 is 0 Å². The fourth-order valence-corrected chi connectivity index (χ4v) is 3.73. The van der Waals surface area contributed by atoms with Gasteiger partial charge in [0.1, 0.15) is 5.82 Å². The van der Waals surface area contributed by atoms with Crippen LogP contribution in [-0.4, -0.2) is 33.7 Å². The summed E-state index contributed by atoms with van der Waals surface area (Å²) in [5, 5.41) is 14.0. The van der Waals surface area contributed by atoms with E-state index in [0.717, 1.165) is 30.0 Å². The summed E-state index contributed by atoms with van der Waals surface area (Å²) in [6.45, 7) is 4.77. The van der Waals surface area contributed by atoms with Crippen molar-refractivity contribution >= 4 is 11.8 Å². The van der Waals surface area contributed by atoms with E-state index in [1.807, 2.05) is 11.8 Å². The molecule has 2 rings (SSSR count). The molecule has 2 N–H and O–H groups in total. The van der Waals surface area contributed by atoms with Crippen LogP contribution in [0.2, 0.25) is 0 Å². The van der Waals surface area contributed by atoms with Crippen LogP contribution in [-0.2, 0) is 0 Å². The molecule has 1 atom stereocenters. The van der Waals surface area contributed by atoms with E-state index in [-0.39, 0.29) is 11.9 Å². The van der Waals surface area contributed by atoms with Crippen molar-refractivity contribution < 1.29 is 9.50 Å². The molecule has 0 spiro atoms. The maximum Gasteiger partial charge on any atom is 0.141 e. The molecule has 0 amide bonds. The predicted octanol–water partition coefficient (Wildman–Crippen LogP) is 2.77. The minimum atomic E-state index is -0.613. The van der Waals surface area contributed by atoms with Crippen LogP contribution in [0.15, 0.2) is 18.3 Å². The summed E-state index contributed by atoms with van der Waals surface area (Å²) in [5.74, 6) is 2.03. The van der Waals surface area contributed by atoms with Crippen LogP contribution in [0.1, 0.15) is 38.4 Å². The number of hydrogen-bond acceptors (Lipinski definition) is 4. The average molecular weight is 298 g/mol. The Morgan fingerprint density at radius 2 is 2.10 bits per heavy atom. The third kappa shape index (κ3) is 4.17. The molecular formula is C15H23FN2OS. The van der Waals surface area contributed by atoms with Gasteiger partial charge in [-0.2, -0.15) is 11.8 Å². The number of rotatable bonds is 5. The highest BCUT2D eigenvalue weighted by atomic mass is 32.2. The van der Waals surface area contributed by atoms with Crippen LogP contribution in [0.5, 0.6) is 0 Å². The highest BCUT2D eigenvalue weighted by molar-refractivity contribution is 7.99. The first-order chi connectivity index (χ1) is 9.50. The van der Waals surface area contributed by atoms with Crippen molar-refractivity contribution in [1.82, 2.24) is 10.3 Å². The summed E-state index contributed by atoms with van der Waals surface area (Å²) in [7, 11) is 0. The van der Waals surface area contributed by atoms with Gasteiger partial charge in [0.05, 0.1) is 23.5 Å². The molecule has 0 radical (unpaired) electrons. The summed E-state index contributed by atoms with van der Waals surface area (Å²) < 4.78 is 13.0. The molecule has 1 unspecified atom stereocenters. The average Bonchev–Trinajstić information content (AvgIpc) is 2.41. The van der Waals surface area contributed by atoms with Crippen molar-refractivity contribution in [2.45, 2.75) is 38.3 Å². The maximum atomic E-state index is 13.0. The Balaban J connectivity index is 2.00. The van der Waals surface area contributed by atoms with E-state index in [1.165, 1.54) is 12.3 Å². The van der Waals surface area contributed by atoms with Gasteiger partial charge in [0.25, 0.3) is 0 Å². The first kappa shape index (κ1) is 15.7. The predicted molar refractivity (Wildman–Crippen MR) is 81.3 cm³/mol. The lowest BCUT2D eigenvalue weighted by Gasteiger charge is -2.34. The largest absolute Gasteiger partial charge is 0.389 e. The number of thioether (sulfide) groups is 1. The fraction of sp³-hybridized carbons (Fsp3) is 0.667. The number of aromatic nitrogens is 1. The lowest BCUT2D eigenvalue weighted by atomic mass is 9.94. The van der Waals surface area contributed by atoms with Gasteiger partial charge in [-0.25, -0.2) is 4.39 Å². The highest BCUT2D eigenvalue weighted by Crippen LogP contribution is 2.28. The molecule has 1 aliphatic rings. The van der Waals surface area contributed by atoms with Gasteiger partial charge in [-0.05, 0) is 42.4 Å². The molecule has 0 aromatic carbocycles. The summed E-state index contributed by atoms with van der Waals surface area (Å²) in [6, 6.07) is 3.19. The van der Waals surface area contributed by atoms with Crippen LogP contribution in [0, 0.1) is 11.7 Å². The van der Waals surface area contributed by atoms with Crippen LogP contribution in [0.3, 0.4) is 0 Å². The molecule has 0 bridgehead atoms.